The quantitative estimate of drug-likeness (QED) is 0.141. The van der Waals surface area contributed by atoms with Crippen molar-refractivity contribution >= 4 is 96.1 Å². The highest BCUT2D eigenvalue weighted by Gasteiger charge is 2.45. The number of aryl methyl sites for hydroxylation is 4. The SMILES string of the molecule is Cc1cc(N2c3ccc(C(C)(C)C)cc3B3c4ccc(N(c5ccc(C(C)(C)C)cc5)c5ccc6c7ccccc7n(-c7ccccc7)c6c5)cc4N(c4cc(C)c(-c5ccccc5)c(C)c4)c4cc(C(C)(C)C)cc2c43)cc(C)c1-c1ccccc1. The van der Waals surface area contributed by atoms with E-state index in [9.17, 15) is 0 Å². The Balaban J connectivity index is 1.07. The van der Waals surface area contributed by atoms with Crippen molar-refractivity contribution in [3.05, 3.63) is 269 Å². The fourth-order valence-corrected chi connectivity index (χ4v) is 14.4. The first-order valence-corrected chi connectivity index (χ1v) is 31.1. The van der Waals surface area contributed by atoms with Gasteiger partial charge in [0.1, 0.15) is 0 Å². The molecular weight excluding hydrogens is 1050 g/mol. The van der Waals surface area contributed by atoms with Crippen molar-refractivity contribution in [1.82, 2.24) is 4.57 Å². The number of nitrogens with zero attached hydrogens (tertiary/aromatic N) is 4. The van der Waals surface area contributed by atoms with E-state index in [1.54, 1.807) is 0 Å². The van der Waals surface area contributed by atoms with Crippen molar-refractivity contribution in [2.75, 3.05) is 14.7 Å². The van der Waals surface area contributed by atoms with Crippen molar-refractivity contribution < 1.29 is 0 Å². The lowest BCUT2D eigenvalue weighted by atomic mass is 9.33. The van der Waals surface area contributed by atoms with Crippen molar-refractivity contribution in [3.8, 4) is 27.9 Å². The van der Waals surface area contributed by atoms with Crippen LogP contribution < -0.4 is 31.1 Å². The van der Waals surface area contributed by atoms with Crippen LogP contribution in [-0.2, 0) is 16.2 Å². The minimum atomic E-state index is -0.195. The molecule has 0 amide bonds. The molecule has 14 rings (SSSR count). The van der Waals surface area contributed by atoms with Crippen LogP contribution in [0.2, 0.25) is 0 Å². The van der Waals surface area contributed by atoms with Gasteiger partial charge in [0.15, 0.2) is 0 Å². The first-order valence-electron chi connectivity index (χ1n) is 31.1. The molecule has 0 saturated heterocycles. The highest BCUT2D eigenvalue weighted by atomic mass is 15.2. The Kier molecular flexibility index (Phi) is 13.2. The number of hydrogen-bond donors (Lipinski definition) is 0. The maximum atomic E-state index is 2.64. The van der Waals surface area contributed by atoms with Crippen LogP contribution >= 0.6 is 0 Å². The molecule has 0 spiro atoms. The Labute approximate surface area is 516 Å². The van der Waals surface area contributed by atoms with Gasteiger partial charge in [-0.25, -0.2) is 0 Å². The summed E-state index contributed by atoms with van der Waals surface area (Å²) < 4.78 is 2.44. The fourth-order valence-electron chi connectivity index (χ4n) is 14.4. The molecule has 87 heavy (non-hydrogen) atoms. The van der Waals surface area contributed by atoms with Gasteiger partial charge in [0.25, 0.3) is 6.71 Å². The zero-order valence-electron chi connectivity index (χ0n) is 52.8. The lowest BCUT2D eigenvalue weighted by Crippen LogP contribution is -2.61. The maximum absolute atomic E-state index is 2.64. The van der Waals surface area contributed by atoms with Gasteiger partial charge in [-0.05, 0) is 219 Å². The lowest BCUT2D eigenvalue weighted by Gasteiger charge is -2.46. The smallest absolute Gasteiger partial charge is 0.252 e. The summed E-state index contributed by atoms with van der Waals surface area (Å²) >= 11 is 0. The molecule has 428 valence electrons. The Morgan fingerprint density at radius 3 is 1.33 bits per heavy atom. The minimum Gasteiger partial charge on any atom is -0.311 e. The molecule has 0 saturated carbocycles. The number of rotatable bonds is 8. The number of benzene rings is 11. The Morgan fingerprint density at radius 2 is 0.782 bits per heavy atom. The second kappa shape index (κ2) is 20.7. The zero-order chi connectivity index (χ0) is 60.4. The van der Waals surface area contributed by atoms with Crippen molar-refractivity contribution in [1.29, 1.82) is 0 Å². The molecule has 0 atom stereocenters. The summed E-state index contributed by atoms with van der Waals surface area (Å²) in [7, 11) is 0. The van der Waals surface area contributed by atoms with Crippen molar-refractivity contribution in [3.63, 3.8) is 0 Å². The number of hydrogen-bond acceptors (Lipinski definition) is 3. The topological polar surface area (TPSA) is 14.7 Å². The highest BCUT2D eigenvalue weighted by Crippen LogP contribution is 2.50. The van der Waals surface area contributed by atoms with Gasteiger partial charge in [-0.1, -0.05) is 196 Å². The van der Waals surface area contributed by atoms with Gasteiger partial charge in [0.2, 0.25) is 0 Å². The highest BCUT2D eigenvalue weighted by molar-refractivity contribution is 7.00. The van der Waals surface area contributed by atoms with E-state index in [1.165, 1.54) is 122 Å². The Morgan fingerprint density at radius 1 is 0.322 bits per heavy atom. The Hall–Kier alpha value is -9.32. The Bertz CT molecular complexity index is 4620. The third kappa shape index (κ3) is 9.46. The van der Waals surface area contributed by atoms with E-state index in [0.29, 0.717) is 0 Å². The monoisotopic (exact) mass is 1130 g/mol. The van der Waals surface area contributed by atoms with Crippen LogP contribution in [0.4, 0.5) is 51.2 Å². The number of fused-ring (bicyclic) bond motifs is 7. The third-order valence-corrected chi connectivity index (χ3v) is 18.6. The van der Waals surface area contributed by atoms with Gasteiger partial charge >= 0.3 is 0 Å². The molecule has 0 N–H and O–H groups in total. The molecule has 0 fully saturated rings. The molecule has 3 heterocycles. The van der Waals surface area contributed by atoms with Crippen LogP contribution in [0.25, 0.3) is 49.7 Å². The average Bonchev–Trinajstić information content (AvgIpc) is 1.21. The predicted octanol–water partition coefficient (Wildman–Crippen LogP) is 20.8. The summed E-state index contributed by atoms with van der Waals surface area (Å²) in [5.74, 6) is 0. The van der Waals surface area contributed by atoms with Crippen LogP contribution in [0.15, 0.2) is 231 Å². The molecule has 0 aliphatic carbocycles. The molecule has 2 aliphatic heterocycles. The fraction of sp³-hybridized carbons (Fsp3) is 0.195. The molecule has 2 aliphatic rings. The normalized spacial score (nSPS) is 13.0. The lowest BCUT2D eigenvalue weighted by molar-refractivity contribution is 0.590. The largest absolute Gasteiger partial charge is 0.311 e. The predicted molar refractivity (Wildman–Crippen MR) is 375 cm³/mol. The summed E-state index contributed by atoms with van der Waals surface area (Å²) in [5.41, 5.74) is 31.4. The van der Waals surface area contributed by atoms with E-state index >= 15 is 0 Å². The van der Waals surface area contributed by atoms with Crippen LogP contribution in [0.1, 0.15) is 101 Å². The molecule has 0 bridgehead atoms. The van der Waals surface area contributed by atoms with Crippen LogP contribution in [0.5, 0.6) is 0 Å². The van der Waals surface area contributed by atoms with Crippen LogP contribution in [0.3, 0.4) is 0 Å². The molecule has 1 aromatic heterocycles. The van der Waals surface area contributed by atoms with Gasteiger partial charge in [0, 0.05) is 67.6 Å². The first-order chi connectivity index (χ1) is 41.7. The summed E-state index contributed by atoms with van der Waals surface area (Å²) in [5, 5.41) is 2.46. The van der Waals surface area contributed by atoms with E-state index in [2.05, 4.69) is 340 Å². The van der Waals surface area contributed by atoms with Crippen molar-refractivity contribution in [2.45, 2.75) is 106 Å². The summed E-state index contributed by atoms with van der Waals surface area (Å²) in [6.45, 7) is 30.2. The standard InChI is InChI=1S/C82H77BN4/c1-52-43-65(44-53(2)77(52)56-25-17-14-18-26-56)86-72-42-35-59(81(8,9)10)47-70(72)83-69-41-39-64(51-74(69)87(76-49-60(82(11,12)13)48-75(86)79(76)83)66-45-54(3)78(55(4)46-66)57-27-19-15-20-28-57)84(62-36-33-58(34-37-62)80(5,6)7)63-38-40-68-67-31-23-24-32-71(67)85(73(68)50-63)61-29-21-16-22-30-61/h14-51H,1-13H3. The molecule has 12 aromatic rings. The van der Waals surface area contributed by atoms with Crippen molar-refractivity contribution in [2.24, 2.45) is 0 Å². The third-order valence-electron chi connectivity index (χ3n) is 18.6. The first kappa shape index (κ1) is 55.6. The minimum absolute atomic E-state index is 0.0162. The maximum Gasteiger partial charge on any atom is 0.252 e. The van der Waals surface area contributed by atoms with E-state index in [1.807, 2.05) is 0 Å². The molecule has 11 aromatic carbocycles. The van der Waals surface area contributed by atoms with Gasteiger partial charge in [-0.15, -0.1) is 0 Å². The van der Waals surface area contributed by atoms with Gasteiger partial charge in [-0.2, -0.15) is 0 Å². The average molecular weight is 1130 g/mol. The second-order valence-corrected chi connectivity index (χ2v) is 27.7. The molecule has 4 nitrogen and oxygen atoms in total. The zero-order valence-corrected chi connectivity index (χ0v) is 52.8. The number of anilines is 9. The molecule has 0 radical (unpaired) electrons. The second-order valence-electron chi connectivity index (χ2n) is 27.7. The van der Waals surface area contributed by atoms with Crippen LogP contribution in [-0.4, -0.2) is 11.3 Å². The summed E-state index contributed by atoms with van der Waals surface area (Å²) in [6, 6.07) is 87.5. The number of para-hydroxylation sites is 2. The van der Waals surface area contributed by atoms with E-state index in [-0.39, 0.29) is 23.0 Å². The molecular formula is C82H77BN4. The van der Waals surface area contributed by atoms with Gasteiger partial charge < -0.3 is 19.3 Å². The molecule has 0 unspecified atom stereocenters. The molecule has 5 heteroatoms. The van der Waals surface area contributed by atoms with E-state index in [4.69, 9.17) is 0 Å². The summed E-state index contributed by atoms with van der Waals surface area (Å²) in [4.78, 5) is 7.75. The van der Waals surface area contributed by atoms with Gasteiger partial charge in [-0.3, -0.25) is 0 Å². The van der Waals surface area contributed by atoms with Crippen LogP contribution in [0, 0.1) is 27.7 Å². The van der Waals surface area contributed by atoms with Gasteiger partial charge in [0.05, 0.1) is 11.0 Å². The van der Waals surface area contributed by atoms with E-state index in [0.717, 1.165) is 34.0 Å². The number of aromatic nitrogens is 1. The summed E-state index contributed by atoms with van der Waals surface area (Å²) in [6.07, 6.45) is 0. The van der Waals surface area contributed by atoms with E-state index < -0.39 is 0 Å².